The minimum absolute atomic E-state index is 0.117. The summed E-state index contributed by atoms with van der Waals surface area (Å²) in [6, 6.07) is 6.14. The molecule has 2 N–H and O–H groups in total. The second kappa shape index (κ2) is 8.46. The van der Waals surface area contributed by atoms with Crippen LogP contribution in [0.3, 0.4) is 0 Å². The molecule has 2 unspecified atom stereocenters. The zero-order valence-corrected chi connectivity index (χ0v) is 12.9. The first-order chi connectivity index (χ1) is 9.08. The van der Waals surface area contributed by atoms with Gasteiger partial charge in [0.25, 0.3) is 0 Å². The number of aryl methyl sites for hydroxylation is 2. The van der Waals surface area contributed by atoms with Gasteiger partial charge in [-0.15, -0.1) is 0 Å². The summed E-state index contributed by atoms with van der Waals surface area (Å²) in [5.41, 5.74) is 2.27. The van der Waals surface area contributed by atoms with E-state index in [1.54, 1.807) is 0 Å². The molecule has 0 aliphatic heterocycles. The Kier molecular flexibility index (Phi) is 7.28. The smallest absolute Gasteiger partial charge is 0.0547 e. The second-order valence-electron chi connectivity index (χ2n) is 4.94. The van der Waals surface area contributed by atoms with E-state index in [4.69, 9.17) is 5.11 Å². The molecule has 0 fully saturated rings. The van der Waals surface area contributed by atoms with Crippen molar-refractivity contribution < 1.29 is 9.32 Å². The van der Waals surface area contributed by atoms with Gasteiger partial charge in [0.05, 0.1) is 10.8 Å². The fraction of sp³-hybridized carbons (Fsp3) is 0.600. The number of hydrogen-bond acceptors (Lipinski definition) is 3. The molecular weight excluding hydrogens is 258 g/mol. The zero-order chi connectivity index (χ0) is 14.3. The fourth-order valence-corrected chi connectivity index (χ4v) is 3.54. The van der Waals surface area contributed by atoms with Gasteiger partial charge in [0.15, 0.2) is 0 Å². The monoisotopic (exact) mass is 283 g/mol. The van der Waals surface area contributed by atoms with Gasteiger partial charge in [0, 0.05) is 23.3 Å². The number of benzene rings is 1. The zero-order valence-electron chi connectivity index (χ0n) is 12.1. The molecular formula is C15H25NO2S. The number of nitrogens with one attached hydrogen (secondary N) is 1. The molecule has 0 bridgehead atoms. The maximum Gasteiger partial charge on any atom is 0.0547 e. The molecule has 0 spiro atoms. The van der Waals surface area contributed by atoms with Crippen LogP contribution in [0, 0.1) is 13.8 Å². The van der Waals surface area contributed by atoms with Crippen LogP contribution in [0.15, 0.2) is 23.1 Å². The third-order valence-corrected chi connectivity index (χ3v) is 4.74. The van der Waals surface area contributed by atoms with Crippen molar-refractivity contribution in [3.63, 3.8) is 0 Å². The molecule has 4 heteroatoms. The van der Waals surface area contributed by atoms with Gasteiger partial charge >= 0.3 is 0 Å². The summed E-state index contributed by atoms with van der Waals surface area (Å²) in [5.74, 6) is 0.560. The molecule has 108 valence electrons. The normalized spacial score (nSPS) is 14.3. The third kappa shape index (κ3) is 5.43. The SMILES string of the molecule is CCCNC(CCO)CS(=O)c1ccc(C)cc1C. The Morgan fingerprint density at radius 2 is 2.11 bits per heavy atom. The van der Waals surface area contributed by atoms with Crippen LogP contribution < -0.4 is 5.32 Å². The largest absolute Gasteiger partial charge is 0.396 e. The minimum Gasteiger partial charge on any atom is -0.396 e. The van der Waals surface area contributed by atoms with E-state index in [1.807, 2.05) is 26.0 Å². The average molecular weight is 283 g/mol. The van der Waals surface area contributed by atoms with Crippen LogP contribution in [0.1, 0.15) is 30.9 Å². The summed E-state index contributed by atoms with van der Waals surface area (Å²) in [4.78, 5) is 0.909. The van der Waals surface area contributed by atoms with E-state index in [1.165, 1.54) is 5.56 Å². The molecule has 1 rings (SSSR count). The highest BCUT2D eigenvalue weighted by molar-refractivity contribution is 7.85. The molecule has 0 aliphatic rings. The van der Waals surface area contributed by atoms with Crippen molar-refractivity contribution in [1.29, 1.82) is 0 Å². The Bertz CT molecular complexity index is 421. The lowest BCUT2D eigenvalue weighted by molar-refractivity contribution is 0.270. The van der Waals surface area contributed by atoms with Crippen LogP contribution in [0.4, 0.5) is 0 Å². The summed E-state index contributed by atoms with van der Waals surface area (Å²) >= 11 is 0. The van der Waals surface area contributed by atoms with Crippen molar-refractivity contribution in [3.8, 4) is 0 Å². The fourth-order valence-electron chi connectivity index (χ4n) is 2.08. The maximum atomic E-state index is 12.4. The summed E-state index contributed by atoms with van der Waals surface area (Å²) in [5, 5.41) is 12.4. The van der Waals surface area contributed by atoms with Gasteiger partial charge in [-0.05, 0) is 44.9 Å². The highest BCUT2D eigenvalue weighted by Gasteiger charge is 2.14. The van der Waals surface area contributed by atoms with Crippen molar-refractivity contribution in [2.24, 2.45) is 0 Å². The average Bonchev–Trinajstić information content (AvgIpc) is 2.36. The van der Waals surface area contributed by atoms with Crippen LogP contribution in [0.25, 0.3) is 0 Å². The van der Waals surface area contributed by atoms with Gasteiger partial charge in [0.2, 0.25) is 0 Å². The van der Waals surface area contributed by atoms with Crippen LogP contribution in [-0.4, -0.2) is 34.3 Å². The van der Waals surface area contributed by atoms with Crippen molar-refractivity contribution in [2.45, 2.75) is 44.6 Å². The van der Waals surface area contributed by atoms with Gasteiger partial charge in [-0.25, -0.2) is 0 Å². The number of aliphatic hydroxyl groups excluding tert-OH is 1. The molecule has 19 heavy (non-hydrogen) atoms. The van der Waals surface area contributed by atoms with E-state index in [0.29, 0.717) is 12.2 Å². The molecule has 0 amide bonds. The van der Waals surface area contributed by atoms with E-state index in [-0.39, 0.29) is 12.6 Å². The first-order valence-corrected chi connectivity index (χ1v) is 8.20. The molecule has 1 aromatic carbocycles. The molecule has 0 radical (unpaired) electrons. The predicted octanol–water partition coefficient (Wildman–Crippen LogP) is 2.16. The van der Waals surface area contributed by atoms with Gasteiger partial charge in [0.1, 0.15) is 0 Å². The molecule has 0 heterocycles. The molecule has 0 aliphatic carbocycles. The summed E-state index contributed by atoms with van der Waals surface area (Å²) in [6.07, 6.45) is 1.69. The van der Waals surface area contributed by atoms with E-state index in [9.17, 15) is 4.21 Å². The molecule has 0 saturated carbocycles. The first kappa shape index (κ1) is 16.3. The van der Waals surface area contributed by atoms with Crippen LogP contribution >= 0.6 is 0 Å². The highest BCUT2D eigenvalue weighted by Crippen LogP contribution is 2.16. The van der Waals surface area contributed by atoms with Gasteiger partial charge in [-0.3, -0.25) is 4.21 Å². The Hall–Kier alpha value is -0.710. The predicted molar refractivity (Wildman–Crippen MR) is 81.0 cm³/mol. The van der Waals surface area contributed by atoms with Crippen LogP contribution in [0.2, 0.25) is 0 Å². The maximum absolute atomic E-state index is 12.4. The van der Waals surface area contributed by atoms with E-state index >= 15 is 0 Å². The molecule has 3 nitrogen and oxygen atoms in total. The Labute approximate surface area is 118 Å². The lowest BCUT2D eigenvalue weighted by Gasteiger charge is -2.17. The quantitative estimate of drug-likeness (QED) is 0.768. The lowest BCUT2D eigenvalue weighted by Crippen LogP contribution is -2.35. The van der Waals surface area contributed by atoms with E-state index < -0.39 is 10.8 Å². The summed E-state index contributed by atoms with van der Waals surface area (Å²) in [6.45, 7) is 7.17. The van der Waals surface area contributed by atoms with Crippen molar-refractivity contribution in [2.75, 3.05) is 18.9 Å². The standard InChI is InChI=1S/C15H25NO2S/c1-4-8-16-14(7-9-17)11-19(18)15-6-5-12(2)10-13(15)3/h5-6,10,14,16-17H,4,7-9,11H2,1-3H3. The van der Waals surface area contributed by atoms with Gasteiger partial charge < -0.3 is 10.4 Å². The Balaban J connectivity index is 2.69. The second-order valence-corrected chi connectivity index (χ2v) is 6.41. The van der Waals surface area contributed by atoms with Crippen molar-refractivity contribution in [1.82, 2.24) is 5.32 Å². The van der Waals surface area contributed by atoms with Gasteiger partial charge in [-0.1, -0.05) is 24.6 Å². The number of rotatable bonds is 8. The molecule has 0 saturated heterocycles. The lowest BCUT2D eigenvalue weighted by atomic mass is 10.2. The van der Waals surface area contributed by atoms with Gasteiger partial charge in [-0.2, -0.15) is 0 Å². The molecule has 1 aromatic rings. The molecule has 0 aromatic heterocycles. The summed E-state index contributed by atoms with van der Waals surface area (Å²) in [7, 11) is -1.01. The van der Waals surface area contributed by atoms with Crippen LogP contribution in [0.5, 0.6) is 0 Å². The number of aliphatic hydroxyl groups is 1. The summed E-state index contributed by atoms with van der Waals surface area (Å²) < 4.78 is 12.4. The molecule has 2 atom stereocenters. The third-order valence-electron chi connectivity index (χ3n) is 3.09. The minimum atomic E-state index is -1.01. The van der Waals surface area contributed by atoms with Crippen LogP contribution in [-0.2, 0) is 10.8 Å². The van der Waals surface area contributed by atoms with E-state index in [0.717, 1.165) is 23.4 Å². The topological polar surface area (TPSA) is 49.3 Å². The van der Waals surface area contributed by atoms with Crippen molar-refractivity contribution in [3.05, 3.63) is 29.3 Å². The first-order valence-electron chi connectivity index (χ1n) is 6.88. The number of hydrogen-bond donors (Lipinski definition) is 2. The Morgan fingerprint density at radius 1 is 1.37 bits per heavy atom. The van der Waals surface area contributed by atoms with E-state index in [2.05, 4.69) is 18.3 Å². The Morgan fingerprint density at radius 3 is 2.68 bits per heavy atom. The highest BCUT2D eigenvalue weighted by atomic mass is 32.2. The van der Waals surface area contributed by atoms with Crippen molar-refractivity contribution >= 4 is 10.8 Å².